The van der Waals surface area contributed by atoms with Gasteiger partial charge in [-0.1, -0.05) is 23.9 Å². The average Bonchev–Trinajstić information content (AvgIpc) is 2.68. The number of benzene rings is 1. The maximum absolute atomic E-state index is 11.9. The fraction of sp³-hybridized carbons (Fsp3) is 0.0588. The second-order valence-corrected chi connectivity index (χ2v) is 6.14. The second-order valence-electron chi connectivity index (χ2n) is 5.14. The number of carbonyl (C=O) groups is 1. The molecule has 0 atom stereocenters. The van der Waals surface area contributed by atoms with E-state index in [0.717, 1.165) is 0 Å². The Labute approximate surface area is 152 Å². The van der Waals surface area contributed by atoms with Gasteiger partial charge in [-0.05, 0) is 24.3 Å². The third-order valence-corrected chi connectivity index (χ3v) is 4.21. The molecule has 26 heavy (non-hydrogen) atoms. The number of non-ortho nitro benzene ring substituents is 1. The van der Waals surface area contributed by atoms with Crippen LogP contribution in [0, 0.1) is 10.1 Å². The lowest BCUT2D eigenvalue weighted by molar-refractivity contribution is -0.384. The Morgan fingerprint density at radius 1 is 1.15 bits per heavy atom. The molecule has 0 aliphatic heterocycles. The van der Waals surface area contributed by atoms with Crippen molar-refractivity contribution < 1.29 is 9.72 Å². The first kappa shape index (κ1) is 17.5. The first-order valence-corrected chi connectivity index (χ1v) is 8.51. The van der Waals surface area contributed by atoms with Gasteiger partial charge in [0.25, 0.3) is 5.69 Å². The van der Waals surface area contributed by atoms with Crippen molar-refractivity contribution in [3.63, 3.8) is 0 Å². The maximum Gasteiger partial charge on any atom is 0.270 e. The van der Waals surface area contributed by atoms with Crippen LogP contribution in [0.2, 0.25) is 0 Å². The zero-order valence-corrected chi connectivity index (χ0v) is 14.2. The highest BCUT2D eigenvalue weighted by Gasteiger charge is 2.09. The van der Waals surface area contributed by atoms with Crippen LogP contribution in [0.3, 0.4) is 0 Å². The molecule has 3 rings (SSSR count). The lowest BCUT2D eigenvalue weighted by Gasteiger charge is -2.04. The lowest BCUT2D eigenvalue weighted by atomic mass is 10.1. The van der Waals surface area contributed by atoms with Crippen molar-refractivity contribution in [1.82, 2.24) is 15.2 Å². The third kappa shape index (κ3) is 4.61. The van der Waals surface area contributed by atoms with Crippen molar-refractivity contribution in [3.05, 3.63) is 71.0 Å². The number of aromatic nitrogens is 3. The molecule has 9 heteroatoms. The van der Waals surface area contributed by atoms with Crippen LogP contribution >= 0.6 is 11.8 Å². The Kier molecular flexibility index (Phi) is 5.49. The molecule has 0 saturated heterocycles. The number of rotatable bonds is 6. The topological polar surface area (TPSA) is 111 Å². The molecule has 1 N–H and O–H groups in total. The number of amides is 1. The van der Waals surface area contributed by atoms with Gasteiger partial charge in [-0.2, -0.15) is 0 Å². The van der Waals surface area contributed by atoms with E-state index in [-0.39, 0.29) is 17.3 Å². The Balaban J connectivity index is 1.60. The van der Waals surface area contributed by atoms with Crippen molar-refractivity contribution in [3.8, 4) is 11.3 Å². The summed E-state index contributed by atoms with van der Waals surface area (Å²) >= 11 is 1.25. The molecular weight excluding hydrogens is 354 g/mol. The molecule has 1 amide bonds. The van der Waals surface area contributed by atoms with Crippen molar-refractivity contribution in [2.75, 3.05) is 11.1 Å². The molecule has 0 bridgehead atoms. The zero-order chi connectivity index (χ0) is 18.4. The molecule has 0 unspecified atom stereocenters. The van der Waals surface area contributed by atoms with Gasteiger partial charge in [0.1, 0.15) is 5.03 Å². The molecule has 0 radical (unpaired) electrons. The van der Waals surface area contributed by atoms with E-state index in [9.17, 15) is 14.9 Å². The summed E-state index contributed by atoms with van der Waals surface area (Å²) in [4.78, 5) is 26.2. The Morgan fingerprint density at radius 2 is 2.04 bits per heavy atom. The Morgan fingerprint density at radius 3 is 2.73 bits per heavy atom. The van der Waals surface area contributed by atoms with Gasteiger partial charge >= 0.3 is 0 Å². The molecule has 2 aromatic heterocycles. The van der Waals surface area contributed by atoms with Crippen LogP contribution < -0.4 is 5.32 Å². The van der Waals surface area contributed by atoms with Gasteiger partial charge in [0.05, 0.1) is 28.3 Å². The van der Waals surface area contributed by atoms with E-state index in [4.69, 9.17) is 0 Å². The van der Waals surface area contributed by atoms with Crippen molar-refractivity contribution in [1.29, 1.82) is 0 Å². The van der Waals surface area contributed by atoms with Crippen LogP contribution in [0.1, 0.15) is 0 Å². The number of nitro groups is 1. The minimum atomic E-state index is -0.456. The summed E-state index contributed by atoms with van der Waals surface area (Å²) in [6, 6.07) is 13.1. The number of hydrogen-bond acceptors (Lipinski definition) is 7. The number of nitrogens with one attached hydrogen (secondary N) is 1. The molecule has 130 valence electrons. The minimum absolute atomic E-state index is 0.00479. The van der Waals surface area contributed by atoms with Gasteiger partial charge in [-0.15, -0.1) is 10.2 Å². The fourth-order valence-corrected chi connectivity index (χ4v) is 2.72. The number of thioether (sulfide) groups is 1. The van der Waals surface area contributed by atoms with Crippen molar-refractivity contribution in [2.24, 2.45) is 0 Å². The predicted molar refractivity (Wildman–Crippen MR) is 97.7 cm³/mol. The van der Waals surface area contributed by atoms with Crippen LogP contribution in [0.25, 0.3) is 11.3 Å². The normalized spacial score (nSPS) is 10.3. The van der Waals surface area contributed by atoms with Crippen LogP contribution in [0.4, 0.5) is 11.4 Å². The summed E-state index contributed by atoms with van der Waals surface area (Å²) in [5.74, 6) is 0.00673. The van der Waals surface area contributed by atoms with E-state index in [1.807, 2.05) is 0 Å². The minimum Gasteiger partial charge on any atom is -0.324 e. The molecule has 1 aromatic carbocycles. The second kappa shape index (κ2) is 8.17. The highest BCUT2D eigenvalue weighted by atomic mass is 32.2. The van der Waals surface area contributed by atoms with E-state index in [0.29, 0.717) is 22.0 Å². The number of carbonyl (C=O) groups excluding carboxylic acids is 1. The van der Waals surface area contributed by atoms with E-state index >= 15 is 0 Å². The van der Waals surface area contributed by atoms with Gasteiger partial charge in [0.2, 0.25) is 5.91 Å². The number of pyridine rings is 1. The van der Waals surface area contributed by atoms with Gasteiger partial charge < -0.3 is 5.32 Å². The summed E-state index contributed by atoms with van der Waals surface area (Å²) in [5, 5.41) is 22.3. The monoisotopic (exact) mass is 367 g/mol. The quantitative estimate of drug-likeness (QED) is 0.404. The van der Waals surface area contributed by atoms with Crippen LogP contribution in [0.5, 0.6) is 0 Å². The number of anilines is 1. The highest BCUT2D eigenvalue weighted by molar-refractivity contribution is 7.99. The molecule has 0 aliphatic carbocycles. The van der Waals surface area contributed by atoms with Crippen LogP contribution in [-0.2, 0) is 4.79 Å². The zero-order valence-electron chi connectivity index (χ0n) is 13.4. The lowest BCUT2D eigenvalue weighted by Crippen LogP contribution is -2.14. The number of hydrogen-bond donors (Lipinski definition) is 1. The van der Waals surface area contributed by atoms with E-state index in [1.54, 1.807) is 48.8 Å². The number of nitrogens with zero attached hydrogens (tertiary/aromatic N) is 4. The van der Waals surface area contributed by atoms with Crippen molar-refractivity contribution in [2.45, 2.75) is 5.03 Å². The van der Waals surface area contributed by atoms with Crippen molar-refractivity contribution >= 4 is 29.0 Å². The first-order chi connectivity index (χ1) is 12.6. The smallest absolute Gasteiger partial charge is 0.270 e. The molecule has 8 nitrogen and oxygen atoms in total. The van der Waals surface area contributed by atoms with Crippen LogP contribution in [-0.4, -0.2) is 31.8 Å². The van der Waals surface area contributed by atoms with Gasteiger partial charge in [-0.25, -0.2) is 0 Å². The largest absolute Gasteiger partial charge is 0.324 e. The standard InChI is InChI=1S/C17H13N5O3S/c23-16(19-13-4-2-8-18-10-13)11-26-17-7-6-15(20-21-17)12-3-1-5-14(9-12)22(24)25/h1-10H,11H2,(H,19,23). The predicted octanol–water partition coefficient (Wildman–Crippen LogP) is 3.18. The third-order valence-electron chi connectivity index (χ3n) is 3.29. The summed E-state index contributed by atoms with van der Waals surface area (Å²) < 4.78 is 0. The average molecular weight is 367 g/mol. The van der Waals surface area contributed by atoms with E-state index < -0.39 is 4.92 Å². The van der Waals surface area contributed by atoms with Gasteiger partial charge in [0.15, 0.2) is 0 Å². The summed E-state index contributed by atoms with van der Waals surface area (Å²) in [6.45, 7) is 0. The SMILES string of the molecule is O=C(CSc1ccc(-c2cccc([N+](=O)[O-])c2)nn1)Nc1cccnc1. The molecule has 0 fully saturated rings. The maximum atomic E-state index is 11.9. The van der Waals surface area contributed by atoms with Gasteiger partial charge in [0, 0.05) is 23.9 Å². The molecule has 3 aromatic rings. The fourth-order valence-electron chi connectivity index (χ4n) is 2.10. The molecule has 0 spiro atoms. The molecular formula is C17H13N5O3S. The van der Waals surface area contributed by atoms with E-state index in [1.165, 1.54) is 23.9 Å². The first-order valence-electron chi connectivity index (χ1n) is 7.53. The Bertz CT molecular complexity index is 919. The van der Waals surface area contributed by atoms with E-state index in [2.05, 4.69) is 20.5 Å². The van der Waals surface area contributed by atoms with Crippen LogP contribution in [0.15, 0.2) is 66.0 Å². The Hall–Kier alpha value is -3.33. The summed E-state index contributed by atoms with van der Waals surface area (Å²) in [6.07, 6.45) is 3.19. The van der Waals surface area contributed by atoms with Gasteiger partial charge in [-0.3, -0.25) is 19.9 Å². The molecule has 0 aliphatic rings. The highest BCUT2D eigenvalue weighted by Crippen LogP contribution is 2.23. The summed E-state index contributed by atoms with van der Waals surface area (Å²) in [5.41, 5.74) is 1.76. The summed E-state index contributed by atoms with van der Waals surface area (Å²) in [7, 11) is 0. The molecule has 0 saturated carbocycles. The number of nitro benzene ring substituents is 1. The molecule has 2 heterocycles.